The smallest absolute Gasteiger partial charge is 0.355 e. The molecule has 0 atom stereocenters. The van der Waals surface area contributed by atoms with Gasteiger partial charge in [0.25, 0.3) is 0 Å². The van der Waals surface area contributed by atoms with Crippen LogP contribution in [0.15, 0.2) is 0 Å². The van der Waals surface area contributed by atoms with Gasteiger partial charge >= 0.3 is 11.9 Å². The third-order valence-electron chi connectivity index (χ3n) is 2.13. The molecule has 1 aromatic rings. The SMILES string of the molecule is COC(=O)c1[nH]c(C)c(C=O)c1C(=O)OC. The van der Waals surface area contributed by atoms with Gasteiger partial charge in [0, 0.05) is 5.69 Å². The second-order valence-electron chi connectivity index (χ2n) is 3.01. The minimum atomic E-state index is -0.758. The highest BCUT2D eigenvalue weighted by molar-refractivity contribution is 6.07. The Morgan fingerprint density at radius 1 is 1.19 bits per heavy atom. The first-order chi connectivity index (χ1) is 7.56. The number of aryl methyl sites for hydroxylation is 1. The number of hydrogen-bond donors (Lipinski definition) is 1. The van der Waals surface area contributed by atoms with Gasteiger partial charge in [-0.1, -0.05) is 0 Å². The van der Waals surface area contributed by atoms with E-state index in [4.69, 9.17) is 0 Å². The molecule has 0 aliphatic carbocycles. The van der Waals surface area contributed by atoms with E-state index in [1.807, 2.05) is 0 Å². The van der Waals surface area contributed by atoms with Crippen LogP contribution in [0.2, 0.25) is 0 Å². The molecular formula is C10H11NO5. The lowest BCUT2D eigenvalue weighted by Crippen LogP contribution is -2.11. The fourth-order valence-corrected chi connectivity index (χ4v) is 1.36. The van der Waals surface area contributed by atoms with Gasteiger partial charge in [-0.05, 0) is 6.92 Å². The average molecular weight is 225 g/mol. The van der Waals surface area contributed by atoms with Crippen molar-refractivity contribution >= 4 is 18.2 Å². The Morgan fingerprint density at radius 2 is 1.75 bits per heavy atom. The second kappa shape index (κ2) is 4.61. The van der Waals surface area contributed by atoms with Crippen LogP contribution in [-0.2, 0) is 9.47 Å². The molecule has 0 aliphatic rings. The fourth-order valence-electron chi connectivity index (χ4n) is 1.36. The van der Waals surface area contributed by atoms with Gasteiger partial charge < -0.3 is 14.5 Å². The van der Waals surface area contributed by atoms with E-state index in [1.54, 1.807) is 6.92 Å². The number of aromatic amines is 1. The van der Waals surface area contributed by atoms with E-state index < -0.39 is 11.9 Å². The summed E-state index contributed by atoms with van der Waals surface area (Å²) < 4.78 is 8.99. The summed E-state index contributed by atoms with van der Waals surface area (Å²) in [6.07, 6.45) is 0.491. The number of methoxy groups -OCH3 is 2. The summed E-state index contributed by atoms with van der Waals surface area (Å²) in [5.74, 6) is -1.48. The van der Waals surface area contributed by atoms with Crippen LogP contribution in [0.25, 0.3) is 0 Å². The number of esters is 2. The van der Waals surface area contributed by atoms with Crippen molar-refractivity contribution in [3.63, 3.8) is 0 Å². The molecule has 0 bridgehead atoms. The molecule has 0 radical (unpaired) electrons. The molecule has 86 valence electrons. The molecule has 0 fully saturated rings. The molecule has 1 aromatic heterocycles. The Hall–Kier alpha value is -2.11. The van der Waals surface area contributed by atoms with E-state index in [0.29, 0.717) is 12.0 Å². The molecule has 1 N–H and O–H groups in total. The van der Waals surface area contributed by atoms with E-state index in [1.165, 1.54) is 14.2 Å². The molecular weight excluding hydrogens is 214 g/mol. The summed E-state index contributed by atoms with van der Waals surface area (Å²) in [7, 11) is 2.35. The van der Waals surface area contributed by atoms with E-state index in [2.05, 4.69) is 14.5 Å². The monoisotopic (exact) mass is 225 g/mol. The van der Waals surface area contributed by atoms with Crippen LogP contribution in [0, 0.1) is 6.92 Å². The number of aldehydes is 1. The van der Waals surface area contributed by atoms with Crippen molar-refractivity contribution in [1.29, 1.82) is 0 Å². The molecule has 1 rings (SSSR count). The Bertz CT molecular complexity index is 446. The highest BCUT2D eigenvalue weighted by Crippen LogP contribution is 2.18. The maximum absolute atomic E-state index is 11.4. The number of H-pyrrole nitrogens is 1. The van der Waals surface area contributed by atoms with Gasteiger partial charge in [-0.15, -0.1) is 0 Å². The highest BCUT2D eigenvalue weighted by atomic mass is 16.5. The molecule has 0 aliphatic heterocycles. The summed E-state index contributed by atoms with van der Waals surface area (Å²) in [6, 6.07) is 0. The molecule has 6 heteroatoms. The number of hydrogen-bond acceptors (Lipinski definition) is 5. The molecule has 6 nitrogen and oxygen atoms in total. The summed E-state index contributed by atoms with van der Waals surface area (Å²) in [5, 5.41) is 0. The lowest BCUT2D eigenvalue weighted by Gasteiger charge is -2.01. The van der Waals surface area contributed by atoms with Crippen LogP contribution >= 0.6 is 0 Å². The van der Waals surface area contributed by atoms with Crippen LogP contribution in [0.5, 0.6) is 0 Å². The van der Waals surface area contributed by atoms with Crippen molar-refractivity contribution in [1.82, 2.24) is 4.98 Å². The Balaban J connectivity index is 3.44. The molecule has 1 heterocycles. The molecule has 0 saturated heterocycles. The summed E-state index contributed by atoms with van der Waals surface area (Å²) in [4.78, 5) is 36.2. The minimum absolute atomic E-state index is 0.0750. The maximum Gasteiger partial charge on any atom is 0.355 e. The third kappa shape index (κ3) is 1.81. The first-order valence-electron chi connectivity index (χ1n) is 4.41. The topological polar surface area (TPSA) is 85.5 Å². The summed E-state index contributed by atoms with van der Waals surface area (Å²) in [6.45, 7) is 1.57. The van der Waals surface area contributed by atoms with Gasteiger partial charge in [-0.2, -0.15) is 0 Å². The van der Waals surface area contributed by atoms with Crippen LogP contribution in [-0.4, -0.2) is 37.4 Å². The maximum atomic E-state index is 11.4. The Kier molecular flexibility index (Phi) is 3.44. The van der Waals surface area contributed by atoms with Gasteiger partial charge in [0.2, 0.25) is 0 Å². The van der Waals surface area contributed by atoms with Gasteiger partial charge in [-0.3, -0.25) is 4.79 Å². The predicted octanol–water partition coefficient (Wildman–Crippen LogP) is 0.709. The highest BCUT2D eigenvalue weighted by Gasteiger charge is 2.26. The van der Waals surface area contributed by atoms with E-state index in [0.717, 1.165) is 0 Å². The number of nitrogens with one attached hydrogen (secondary N) is 1. The van der Waals surface area contributed by atoms with Gasteiger partial charge in [0.05, 0.1) is 19.8 Å². The second-order valence-corrected chi connectivity index (χ2v) is 3.01. The number of aromatic nitrogens is 1. The average Bonchev–Trinajstić information content (AvgIpc) is 2.63. The van der Waals surface area contributed by atoms with Crippen molar-refractivity contribution in [2.45, 2.75) is 6.92 Å². The van der Waals surface area contributed by atoms with Crippen LogP contribution in [0.3, 0.4) is 0 Å². The molecule has 16 heavy (non-hydrogen) atoms. The first kappa shape index (κ1) is 12.0. The Morgan fingerprint density at radius 3 is 2.19 bits per heavy atom. The number of carbonyl (C=O) groups is 3. The van der Waals surface area contributed by atoms with E-state index in [-0.39, 0.29) is 16.8 Å². The third-order valence-corrected chi connectivity index (χ3v) is 2.13. The lowest BCUT2D eigenvalue weighted by molar-refractivity contribution is 0.0551. The Labute approximate surface area is 91.5 Å². The molecule has 0 saturated carbocycles. The first-order valence-corrected chi connectivity index (χ1v) is 4.41. The number of ether oxygens (including phenoxy) is 2. The fraction of sp³-hybridized carbons (Fsp3) is 0.300. The molecule has 0 aromatic carbocycles. The molecule has 0 unspecified atom stereocenters. The zero-order chi connectivity index (χ0) is 12.3. The lowest BCUT2D eigenvalue weighted by atomic mass is 10.1. The van der Waals surface area contributed by atoms with Crippen molar-refractivity contribution in [3.8, 4) is 0 Å². The van der Waals surface area contributed by atoms with E-state index >= 15 is 0 Å². The quantitative estimate of drug-likeness (QED) is 0.604. The number of carbonyl (C=O) groups excluding carboxylic acids is 3. The summed E-state index contributed by atoms with van der Waals surface area (Å²) >= 11 is 0. The van der Waals surface area contributed by atoms with Crippen molar-refractivity contribution in [2.75, 3.05) is 14.2 Å². The van der Waals surface area contributed by atoms with Gasteiger partial charge in [0.15, 0.2) is 6.29 Å². The summed E-state index contributed by atoms with van der Waals surface area (Å²) in [5.41, 5.74) is 0.346. The minimum Gasteiger partial charge on any atom is -0.465 e. The standard InChI is InChI=1S/C10H11NO5/c1-5-6(4-12)7(9(13)15-2)8(11-5)10(14)16-3/h4,11H,1-3H3. The predicted molar refractivity (Wildman–Crippen MR) is 53.6 cm³/mol. The number of rotatable bonds is 3. The molecule has 0 amide bonds. The van der Waals surface area contributed by atoms with Crippen LogP contribution in [0.4, 0.5) is 0 Å². The van der Waals surface area contributed by atoms with Crippen molar-refractivity contribution in [3.05, 3.63) is 22.5 Å². The zero-order valence-electron chi connectivity index (χ0n) is 9.12. The van der Waals surface area contributed by atoms with Crippen molar-refractivity contribution < 1.29 is 23.9 Å². The largest absolute Gasteiger partial charge is 0.465 e. The zero-order valence-corrected chi connectivity index (χ0v) is 9.12. The van der Waals surface area contributed by atoms with Crippen LogP contribution in [0.1, 0.15) is 36.9 Å². The van der Waals surface area contributed by atoms with E-state index in [9.17, 15) is 14.4 Å². The molecule has 0 spiro atoms. The van der Waals surface area contributed by atoms with Crippen LogP contribution < -0.4 is 0 Å². The van der Waals surface area contributed by atoms with Gasteiger partial charge in [0.1, 0.15) is 11.3 Å². The van der Waals surface area contributed by atoms with Crippen molar-refractivity contribution in [2.24, 2.45) is 0 Å². The van der Waals surface area contributed by atoms with Gasteiger partial charge in [-0.25, -0.2) is 9.59 Å². The normalized spacial score (nSPS) is 9.69.